The van der Waals surface area contributed by atoms with Crippen LogP contribution in [-0.2, 0) is 0 Å². The molecule has 8 nitrogen and oxygen atoms in total. The van der Waals surface area contributed by atoms with Crippen molar-refractivity contribution in [3.05, 3.63) is 82.9 Å². The number of rotatable bonds is 5. The molecule has 0 aromatic heterocycles. The van der Waals surface area contributed by atoms with Crippen molar-refractivity contribution in [1.82, 2.24) is 0 Å². The second-order valence-electron chi connectivity index (χ2n) is 7.00. The molecule has 0 fully saturated rings. The van der Waals surface area contributed by atoms with Crippen molar-refractivity contribution in [3.63, 3.8) is 0 Å². The van der Waals surface area contributed by atoms with E-state index < -0.39 is 23.9 Å². The van der Waals surface area contributed by atoms with Gasteiger partial charge in [0.2, 0.25) is 0 Å². The molecule has 0 heterocycles. The van der Waals surface area contributed by atoms with Gasteiger partial charge < -0.3 is 20.4 Å². The maximum atomic E-state index is 11.8. The first-order valence-electron chi connectivity index (χ1n) is 9.27. The normalized spacial score (nSPS) is 10.9. The van der Waals surface area contributed by atoms with Gasteiger partial charge in [-0.15, -0.1) is 0 Å². The molecule has 0 amide bonds. The van der Waals surface area contributed by atoms with Crippen molar-refractivity contribution in [2.75, 3.05) is 0 Å². The fourth-order valence-corrected chi connectivity index (χ4v) is 4.00. The number of aromatic carboxylic acids is 4. The lowest BCUT2D eigenvalue weighted by atomic mass is 9.88. The van der Waals surface area contributed by atoms with Gasteiger partial charge >= 0.3 is 23.9 Å². The second kappa shape index (κ2) is 7.51. The Balaban J connectivity index is 2.19. The van der Waals surface area contributed by atoms with Crippen LogP contribution in [-0.4, -0.2) is 44.3 Å². The molecule has 158 valence electrons. The molecule has 0 saturated heterocycles. The standard InChI is InChI=1S/C24H14O8/c25-21(26)15-5-1-3-13-11(7-9-17(19(13)15)23(29)30)12-8-10-18(24(31)32)20-14(12)4-2-6-16(20)22(27)28/h1-10H,(H,25,26)(H,27,28)(H,29,30)(H,31,32). The van der Waals surface area contributed by atoms with Gasteiger partial charge in [0.1, 0.15) is 0 Å². The SMILES string of the molecule is O=C(O)c1cccc2c(-c3ccc(C(=O)O)c4c(C(=O)O)cccc34)ccc(C(=O)O)c12. The van der Waals surface area contributed by atoms with E-state index in [1.165, 1.54) is 48.5 Å². The van der Waals surface area contributed by atoms with Gasteiger partial charge in [-0.3, -0.25) is 0 Å². The van der Waals surface area contributed by atoms with Crippen LogP contribution in [0.1, 0.15) is 41.4 Å². The average molecular weight is 430 g/mol. The van der Waals surface area contributed by atoms with Crippen LogP contribution in [0.5, 0.6) is 0 Å². The van der Waals surface area contributed by atoms with Crippen molar-refractivity contribution in [1.29, 1.82) is 0 Å². The minimum absolute atomic E-state index is 0.0230. The van der Waals surface area contributed by atoms with E-state index in [9.17, 15) is 39.6 Å². The van der Waals surface area contributed by atoms with Crippen molar-refractivity contribution >= 4 is 45.4 Å². The molecule has 0 radical (unpaired) electrons. The monoisotopic (exact) mass is 430 g/mol. The van der Waals surface area contributed by atoms with Crippen molar-refractivity contribution < 1.29 is 39.6 Å². The molecule has 4 aromatic carbocycles. The van der Waals surface area contributed by atoms with Gasteiger partial charge in [0.05, 0.1) is 22.3 Å². The van der Waals surface area contributed by atoms with Crippen LogP contribution in [0.25, 0.3) is 32.7 Å². The number of carboxylic acid groups (broad SMARTS) is 4. The quantitative estimate of drug-likeness (QED) is 0.363. The molecule has 0 spiro atoms. The molecular formula is C24H14O8. The Morgan fingerprint density at radius 3 is 1.06 bits per heavy atom. The van der Waals surface area contributed by atoms with Crippen molar-refractivity contribution in [2.24, 2.45) is 0 Å². The Labute approximate surface area is 179 Å². The van der Waals surface area contributed by atoms with E-state index in [1.807, 2.05) is 0 Å². The van der Waals surface area contributed by atoms with Crippen LogP contribution in [0, 0.1) is 0 Å². The summed E-state index contributed by atoms with van der Waals surface area (Å²) in [4.78, 5) is 47.1. The van der Waals surface area contributed by atoms with E-state index in [0.717, 1.165) is 0 Å². The Kier molecular flexibility index (Phi) is 4.82. The maximum absolute atomic E-state index is 11.8. The van der Waals surface area contributed by atoms with Gasteiger partial charge in [-0.1, -0.05) is 36.4 Å². The van der Waals surface area contributed by atoms with Crippen LogP contribution >= 0.6 is 0 Å². The zero-order valence-corrected chi connectivity index (χ0v) is 16.2. The van der Waals surface area contributed by atoms with E-state index in [4.69, 9.17) is 0 Å². The predicted molar refractivity (Wildman–Crippen MR) is 115 cm³/mol. The highest BCUT2D eigenvalue weighted by Crippen LogP contribution is 2.38. The lowest BCUT2D eigenvalue weighted by molar-refractivity contribution is 0.0681. The third-order valence-electron chi connectivity index (χ3n) is 5.29. The molecule has 0 aliphatic heterocycles. The third-order valence-corrected chi connectivity index (χ3v) is 5.29. The van der Waals surface area contributed by atoms with Crippen LogP contribution in [0.15, 0.2) is 60.7 Å². The van der Waals surface area contributed by atoms with Crippen LogP contribution < -0.4 is 0 Å². The first-order chi connectivity index (χ1) is 15.2. The molecule has 0 aliphatic rings. The van der Waals surface area contributed by atoms with Gasteiger partial charge in [-0.2, -0.15) is 0 Å². The molecule has 32 heavy (non-hydrogen) atoms. The molecular weight excluding hydrogens is 416 g/mol. The topological polar surface area (TPSA) is 149 Å². The summed E-state index contributed by atoms with van der Waals surface area (Å²) >= 11 is 0. The van der Waals surface area contributed by atoms with Gasteiger partial charge in [0.25, 0.3) is 0 Å². The first kappa shape index (κ1) is 20.5. The highest BCUT2D eigenvalue weighted by atomic mass is 16.4. The van der Waals surface area contributed by atoms with Crippen LogP contribution in [0.3, 0.4) is 0 Å². The average Bonchev–Trinajstić information content (AvgIpc) is 2.76. The molecule has 0 aliphatic carbocycles. The predicted octanol–water partition coefficient (Wildman–Crippen LogP) is 4.45. The molecule has 4 rings (SSSR count). The first-order valence-corrected chi connectivity index (χ1v) is 9.27. The minimum atomic E-state index is -1.30. The molecule has 0 bridgehead atoms. The van der Waals surface area contributed by atoms with Gasteiger partial charge in [-0.25, -0.2) is 19.2 Å². The molecule has 4 aromatic rings. The van der Waals surface area contributed by atoms with Gasteiger partial charge in [-0.05, 0) is 46.2 Å². The van der Waals surface area contributed by atoms with Gasteiger partial charge in [0.15, 0.2) is 0 Å². The summed E-state index contributed by atoms with van der Waals surface area (Å²) in [5.74, 6) is -5.19. The number of carboxylic acids is 4. The fourth-order valence-electron chi connectivity index (χ4n) is 4.00. The molecule has 4 N–H and O–H groups in total. The highest BCUT2D eigenvalue weighted by Gasteiger charge is 2.22. The largest absolute Gasteiger partial charge is 0.478 e. The molecule has 0 saturated carbocycles. The smallest absolute Gasteiger partial charge is 0.336 e. The summed E-state index contributed by atoms with van der Waals surface area (Å²) in [6.07, 6.45) is 0. The molecule has 8 heteroatoms. The van der Waals surface area contributed by atoms with Crippen LogP contribution in [0.4, 0.5) is 0 Å². The number of carbonyl (C=O) groups is 4. The van der Waals surface area contributed by atoms with E-state index in [2.05, 4.69) is 0 Å². The minimum Gasteiger partial charge on any atom is -0.478 e. The molecule has 0 atom stereocenters. The Bertz CT molecular complexity index is 1330. The summed E-state index contributed by atoms with van der Waals surface area (Å²) in [6.45, 7) is 0. The summed E-state index contributed by atoms with van der Waals surface area (Å²) < 4.78 is 0. The van der Waals surface area contributed by atoms with E-state index in [0.29, 0.717) is 21.9 Å². The van der Waals surface area contributed by atoms with E-state index in [1.54, 1.807) is 12.1 Å². The number of benzene rings is 4. The zero-order chi connectivity index (χ0) is 23.2. The van der Waals surface area contributed by atoms with E-state index in [-0.39, 0.29) is 33.0 Å². The van der Waals surface area contributed by atoms with Crippen molar-refractivity contribution in [3.8, 4) is 11.1 Å². The summed E-state index contributed by atoms with van der Waals surface area (Å²) in [5.41, 5.74) is 0.105. The second-order valence-corrected chi connectivity index (χ2v) is 7.00. The summed E-state index contributed by atoms with van der Waals surface area (Å²) in [6, 6.07) is 14.3. The fraction of sp³-hybridized carbons (Fsp3) is 0. The number of hydrogen-bond acceptors (Lipinski definition) is 4. The summed E-state index contributed by atoms with van der Waals surface area (Å²) in [5, 5.41) is 39.1. The maximum Gasteiger partial charge on any atom is 0.336 e. The highest BCUT2D eigenvalue weighted by molar-refractivity contribution is 6.20. The lowest BCUT2D eigenvalue weighted by Crippen LogP contribution is -2.06. The lowest BCUT2D eigenvalue weighted by Gasteiger charge is -2.15. The zero-order valence-electron chi connectivity index (χ0n) is 16.2. The van der Waals surface area contributed by atoms with Crippen LogP contribution in [0.2, 0.25) is 0 Å². The Morgan fingerprint density at radius 1 is 0.438 bits per heavy atom. The van der Waals surface area contributed by atoms with Crippen molar-refractivity contribution in [2.45, 2.75) is 0 Å². The Morgan fingerprint density at radius 2 is 0.750 bits per heavy atom. The Hall–Kier alpha value is -4.72. The third kappa shape index (κ3) is 3.10. The van der Waals surface area contributed by atoms with E-state index >= 15 is 0 Å². The molecule has 0 unspecified atom stereocenters. The number of fused-ring (bicyclic) bond motifs is 2. The summed E-state index contributed by atoms with van der Waals surface area (Å²) in [7, 11) is 0. The van der Waals surface area contributed by atoms with Gasteiger partial charge in [0, 0.05) is 10.8 Å². The number of hydrogen-bond donors (Lipinski definition) is 4.